The van der Waals surface area contributed by atoms with E-state index >= 15 is 0 Å². The summed E-state index contributed by atoms with van der Waals surface area (Å²) in [6.07, 6.45) is 4.71. The van der Waals surface area contributed by atoms with Gasteiger partial charge < -0.3 is 14.2 Å². The number of pyridine rings is 1. The molecule has 0 spiro atoms. The first-order valence-electron chi connectivity index (χ1n) is 8.65. The van der Waals surface area contributed by atoms with Crippen LogP contribution >= 0.6 is 0 Å². The highest BCUT2D eigenvalue weighted by molar-refractivity contribution is 6.00. The molecule has 0 radical (unpaired) electrons. The maximum absolute atomic E-state index is 12.3. The number of anilines is 1. The number of aromatic nitrogens is 2. The van der Waals surface area contributed by atoms with Crippen LogP contribution < -0.4 is 5.32 Å². The van der Waals surface area contributed by atoms with Gasteiger partial charge in [-0.05, 0) is 31.2 Å². The van der Waals surface area contributed by atoms with Gasteiger partial charge in [-0.3, -0.25) is 14.7 Å². The van der Waals surface area contributed by atoms with E-state index in [-0.39, 0.29) is 11.8 Å². The molecule has 7 heteroatoms. The Kier molecular flexibility index (Phi) is 4.53. The third kappa shape index (κ3) is 3.67. The fraction of sp³-hybridized carbons (Fsp3) is 0.316. The smallest absolute Gasteiger partial charge is 0.311 e. The fourth-order valence-electron chi connectivity index (χ4n) is 3.08. The molecule has 1 amide bonds. The highest BCUT2D eigenvalue weighted by atomic mass is 16.4. The van der Waals surface area contributed by atoms with Gasteiger partial charge in [0.1, 0.15) is 17.3 Å². The van der Waals surface area contributed by atoms with E-state index in [0.29, 0.717) is 5.69 Å². The van der Waals surface area contributed by atoms with E-state index in [1.807, 2.05) is 19.1 Å². The van der Waals surface area contributed by atoms with Crippen molar-refractivity contribution in [2.24, 2.45) is 0 Å². The number of hydrogen-bond donors (Lipinski definition) is 1. The average molecular weight is 352 g/mol. The van der Waals surface area contributed by atoms with Crippen LogP contribution in [0.2, 0.25) is 0 Å². The summed E-state index contributed by atoms with van der Waals surface area (Å²) >= 11 is 0. The predicted octanol–water partition coefficient (Wildman–Crippen LogP) is 2.82. The highest BCUT2D eigenvalue weighted by Gasteiger charge is 2.23. The third-order valence-corrected chi connectivity index (χ3v) is 4.39. The summed E-state index contributed by atoms with van der Waals surface area (Å²) in [4.78, 5) is 23.0. The fourth-order valence-corrected chi connectivity index (χ4v) is 3.08. The molecular weight excluding hydrogens is 332 g/mol. The van der Waals surface area contributed by atoms with Crippen LogP contribution in [0.15, 0.2) is 45.5 Å². The van der Waals surface area contributed by atoms with Gasteiger partial charge in [0.15, 0.2) is 0 Å². The van der Waals surface area contributed by atoms with Crippen LogP contribution in [-0.2, 0) is 19.4 Å². The third-order valence-electron chi connectivity index (χ3n) is 4.39. The lowest BCUT2D eigenvalue weighted by atomic mass is 10.2. The largest absolute Gasteiger partial charge is 0.465 e. The quantitative estimate of drug-likeness (QED) is 0.777. The van der Waals surface area contributed by atoms with Crippen molar-refractivity contribution in [1.29, 1.82) is 0 Å². The maximum Gasteiger partial charge on any atom is 0.311 e. The molecule has 1 aliphatic rings. The molecule has 3 aromatic heterocycles. The molecule has 3 aromatic rings. The number of furan rings is 1. The molecule has 0 fully saturated rings. The lowest BCUT2D eigenvalue weighted by Gasteiger charge is -2.17. The Labute approximate surface area is 151 Å². The lowest BCUT2D eigenvalue weighted by Crippen LogP contribution is -2.26. The summed E-state index contributed by atoms with van der Waals surface area (Å²) in [6, 6.07) is 7.52. The van der Waals surface area contributed by atoms with E-state index < -0.39 is 0 Å². The Hall–Kier alpha value is -2.93. The van der Waals surface area contributed by atoms with E-state index in [0.717, 1.165) is 55.5 Å². The van der Waals surface area contributed by atoms with Gasteiger partial charge in [0, 0.05) is 32.1 Å². The first-order valence-corrected chi connectivity index (χ1v) is 8.65. The Morgan fingerprint density at radius 2 is 2.12 bits per heavy atom. The molecular formula is C19H20N4O3. The molecule has 0 atom stereocenters. The van der Waals surface area contributed by atoms with Crippen molar-refractivity contribution in [2.45, 2.75) is 26.3 Å². The van der Waals surface area contributed by atoms with Crippen LogP contribution in [0.3, 0.4) is 0 Å². The van der Waals surface area contributed by atoms with E-state index in [1.54, 1.807) is 24.5 Å². The second-order valence-electron chi connectivity index (χ2n) is 6.37. The number of carbonyl (C=O) groups excluding carboxylic acids is 1. The summed E-state index contributed by atoms with van der Waals surface area (Å²) in [7, 11) is 0. The van der Waals surface area contributed by atoms with Crippen molar-refractivity contribution in [1.82, 2.24) is 14.9 Å². The number of nitrogens with one attached hydrogen (secondary N) is 1. The standard InChI is InChI=1S/C19H20N4O3/c1-13-4-5-15(25-13)12-23-9-6-16-17(7-10-23)26-19(22-16)18(24)21-14-3-2-8-20-11-14/h2-5,8,11H,6-7,9-10,12H2,1H3,(H,21,24). The summed E-state index contributed by atoms with van der Waals surface area (Å²) in [5.41, 5.74) is 1.48. The maximum atomic E-state index is 12.3. The summed E-state index contributed by atoms with van der Waals surface area (Å²) in [5.74, 6) is 2.43. The molecule has 0 aliphatic carbocycles. The highest BCUT2D eigenvalue weighted by Crippen LogP contribution is 2.20. The zero-order valence-electron chi connectivity index (χ0n) is 14.6. The zero-order chi connectivity index (χ0) is 17.9. The Morgan fingerprint density at radius 1 is 1.23 bits per heavy atom. The van der Waals surface area contributed by atoms with Gasteiger partial charge >= 0.3 is 5.91 Å². The predicted molar refractivity (Wildman–Crippen MR) is 94.8 cm³/mol. The Morgan fingerprint density at radius 3 is 2.88 bits per heavy atom. The molecule has 26 heavy (non-hydrogen) atoms. The number of fused-ring (bicyclic) bond motifs is 1. The van der Waals surface area contributed by atoms with Crippen LogP contribution in [0.5, 0.6) is 0 Å². The first-order chi connectivity index (χ1) is 12.7. The second-order valence-corrected chi connectivity index (χ2v) is 6.37. The van der Waals surface area contributed by atoms with Crippen LogP contribution in [-0.4, -0.2) is 33.9 Å². The summed E-state index contributed by atoms with van der Waals surface area (Å²) in [6.45, 7) is 4.41. The van der Waals surface area contributed by atoms with Crippen molar-refractivity contribution in [3.63, 3.8) is 0 Å². The van der Waals surface area contributed by atoms with Crippen molar-refractivity contribution in [3.8, 4) is 0 Å². The molecule has 7 nitrogen and oxygen atoms in total. The average Bonchev–Trinajstić information content (AvgIpc) is 3.19. The molecule has 1 aliphatic heterocycles. The number of nitrogens with zero attached hydrogens (tertiary/aromatic N) is 3. The van der Waals surface area contributed by atoms with Gasteiger partial charge in [0.25, 0.3) is 5.89 Å². The van der Waals surface area contributed by atoms with E-state index in [2.05, 4.69) is 20.2 Å². The molecule has 4 rings (SSSR count). The summed E-state index contributed by atoms with van der Waals surface area (Å²) in [5, 5.41) is 2.75. The van der Waals surface area contributed by atoms with Gasteiger partial charge in [-0.15, -0.1) is 0 Å². The normalized spacial score (nSPS) is 14.7. The van der Waals surface area contributed by atoms with Gasteiger partial charge in [-0.2, -0.15) is 0 Å². The van der Waals surface area contributed by atoms with Crippen LogP contribution in [0, 0.1) is 6.92 Å². The number of aryl methyl sites for hydroxylation is 1. The minimum absolute atomic E-state index is 0.106. The zero-order valence-corrected chi connectivity index (χ0v) is 14.6. The van der Waals surface area contributed by atoms with Crippen LogP contribution in [0.25, 0.3) is 0 Å². The lowest BCUT2D eigenvalue weighted by molar-refractivity contribution is 0.0988. The minimum Gasteiger partial charge on any atom is -0.465 e. The minimum atomic E-state index is -0.353. The van der Waals surface area contributed by atoms with Gasteiger partial charge in [-0.1, -0.05) is 0 Å². The van der Waals surface area contributed by atoms with E-state index in [4.69, 9.17) is 8.83 Å². The number of carbonyl (C=O) groups is 1. The molecule has 1 N–H and O–H groups in total. The van der Waals surface area contributed by atoms with Crippen LogP contribution in [0.1, 0.15) is 33.7 Å². The van der Waals surface area contributed by atoms with E-state index in [9.17, 15) is 4.79 Å². The van der Waals surface area contributed by atoms with Gasteiger partial charge in [0.05, 0.1) is 24.1 Å². The molecule has 134 valence electrons. The van der Waals surface area contributed by atoms with Gasteiger partial charge in [-0.25, -0.2) is 4.98 Å². The SMILES string of the molecule is Cc1ccc(CN2CCc3nc(C(=O)Nc4cccnc4)oc3CC2)o1. The topological polar surface area (TPSA) is 84.4 Å². The number of hydrogen-bond acceptors (Lipinski definition) is 6. The monoisotopic (exact) mass is 352 g/mol. The number of oxazole rings is 1. The van der Waals surface area contributed by atoms with E-state index in [1.165, 1.54) is 0 Å². The molecule has 0 unspecified atom stereocenters. The van der Waals surface area contributed by atoms with Gasteiger partial charge in [0.2, 0.25) is 0 Å². The Balaban J connectivity index is 1.40. The first kappa shape index (κ1) is 16.5. The van der Waals surface area contributed by atoms with Crippen molar-refractivity contribution >= 4 is 11.6 Å². The van der Waals surface area contributed by atoms with Crippen molar-refractivity contribution in [3.05, 3.63) is 65.5 Å². The number of rotatable bonds is 4. The van der Waals surface area contributed by atoms with Crippen LogP contribution in [0.4, 0.5) is 5.69 Å². The van der Waals surface area contributed by atoms with Crippen molar-refractivity contribution < 1.29 is 13.6 Å². The molecule has 4 heterocycles. The molecule has 0 aromatic carbocycles. The molecule has 0 bridgehead atoms. The molecule has 0 saturated carbocycles. The number of amides is 1. The Bertz CT molecular complexity index is 875. The summed E-state index contributed by atoms with van der Waals surface area (Å²) < 4.78 is 11.4. The van der Waals surface area contributed by atoms with Crippen molar-refractivity contribution in [2.75, 3.05) is 18.4 Å². The second kappa shape index (κ2) is 7.13. The molecule has 0 saturated heterocycles.